The van der Waals surface area contributed by atoms with Crippen molar-refractivity contribution in [3.05, 3.63) is 34.9 Å². The van der Waals surface area contributed by atoms with Crippen LogP contribution in [0.4, 0.5) is 0 Å². The molecule has 0 amide bonds. The summed E-state index contributed by atoms with van der Waals surface area (Å²) >= 11 is 5.99. The van der Waals surface area contributed by atoms with Crippen LogP contribution in [0.15, 0.2) is 24.3 Å². The molecular formula is C14H20ClNO. The quantitative estimate of drug-likeness (QED) is 0.895. The van der Waals surface area contributed by atoms with Crippen LogP contribution < -0.4 is 0 Å². The number of aliphatic hydroxyl groups is 1. The van der Waals surface area contributed by atoms with Gasteiger partial charge in [-0.05, 0) is 37.1 Å². The molecule has 0 bridgehead atoms. The van der Waals surface area contributed by atoms with Crippen LogP contribution in [0.25, 0.3) is 0 Å². The molecule has 2 rings (SSSR count). The van der Waals surface area contributed by atoms with Gasteiger partial charge in [-0.3, -0.25) is 4.90 Å². The van der Waals surface area contributed by atoms with E-state index in [1.54, 1.807) is 0 Å². The van der Waals surface area contributed by atoms with Crippen LogP contribution >= 0.6 is 11.6 Å². The summed E-state index contributed by atoms with van der Waals surface area (Å²) in [6, 6.07) is 8.02. The molecule has 17 heavy (non-hydrogen) atoms. The van der Waals surface area contributed by atoms with Gasteiger partial charge in [0.05, 0.1) is 0 Å². The third kappa shape index (κ3) is 3.44. The highest BCUT2D eigenvalue weighted by Crippen LogP contribution is 2.29. The number of likely N-dealkylation sites (tertiary alicyclic amines) is 1. The predicted octanol–water partition coefficient (Wildman–Crippen LogP) is 2.93. The van der Waals surface area contributed by atoms with E-state index in [4.69, 9.17) is 11.6 Å². The van der Waals surface area contributed by atoms with Gasteiger partial charge in [0.15, 0.2) is 0 Å². The van der Waals surface area contributed by atoms with Gasteiger partial charge in [0.2, 0.25) is 0 Å². The molecule has 2 nitrogen and oxygen atoms in total. The average Bonchev–Trinajstić information content (AvgIpc) is 2.29. The lowest BCUT2D eigenvalue weighted by molar-refractivity contribution is 0.0429. The Labute approximate surface area is 108 Å². The summed E-state index contributed by atoms with van der Waals surface area (Å²) in [6.45, 7) is 5.45. The summed E-state index contributed by atoms with van der Waals surface area (Å²) < 4.78 is 0. The summed E-state index contributed by atoms with van der Waals surface area (Å²) in [5.74, 6) is 0. The van der Waals surface area contributed by atoms with Crippen LogP contribution in [0, 0.1) is 5.41 Å². The molecule has 1 heterocycles. The summed E-state index contributed by atoms with van der Waals surface area (Å²) in [7, 11) is 0. The lowest BCUT2D eigenvalue weighted by Gasteiger charge is -2.39. The van der Waals surface area contributed by atoms with Crippen molar-refractivity contribution in [3.63, 3.8) is 0 Å². The number of piperidine rings is 1. The Morgan fingerprint density at radius 1 is 1.47 bits per heavy atom. The SMILES string of the molecule is CC1(CO)CCCN(Cc2cccc(Cl)c2)C1. The summed E-state index contributed by atoms with van der Waals surface area (Å²) in [5, 5.41) is 10.2. The predicted molar refractivity (Wildman–Crippen MR) is 71.2 cm³/mol. The Bertz CT molecular complexity index is 382. The molecule has 0 radical (unpaired) electrons. The molecule has 1 aliphatic heterocycles. The number of hydrogen-bond acceptors (Lipinski definition) is 2. The third-order valence-electron chi connectivity index (χ3n) is 3.54. The Kier molecular flexibility index (Phi) is 4.08. The number of benzene rings is 1. The minimum absolute atomic E-state index is 0.0663. The first kappa shape index (κ1) is 12.9. The Morgan fingerprint density at radius 2 is 2.29 bits per heavy atom. The maximum Gasteiger partial charge on any atom is 0.0497 e. The first-order valence-corrected chi connectivity index (χ1v) is 6.57. The number of nitrogens with zero attached hydrogens (tertiary/aromatic N) is 1. The maximum absolute atomic E-state index is 9.43. The largest absolute Gasteiger partial charge is 0.396 e. The van der Waals surface area contributed by atoms with E-state index >= 15 is 0 Å². The van der Waals surface area contributed by atoms with Gasteiger partial charge in [0.25, 0.3) is 0 Å². The minimum Gasteiger partial charge on any atom is -0.396 e. The van der Waals surface area contributed by atoms with Gasteiger partial charge < -0.3 is 5.11 Å². The number of rotatable bonds is 3. The molecule has 1 atom stereocenters. The summed E-state index contributed by atoms with van der Waals surface area (Å²) in [6.07, 6.45) is 2.28. The lowest BCUT2D eigenvalue weighted by Crippen LogP contribution is -2.43. The fourth-order valence-corrected chi connectivity index (χ4v) is 2.80. The van der Waals surface area contributed by atoms with E-state index in [-0.39, 0.29) is 12.0 Å². The number of hydrogen-bond donors (Lipinski definition) is 1. The van der Waals surface area contributed by atoms with Crippen molar-refractivity contribution in [2.45, 2.75) is 26.3 Å². The Hall–Kier alpha value is -0.570. The van der Waals surface area contributed by atoms with Crippen LogP contribution in [0.2, 0.25) is 5.02 Å². The molecule has 0 spiro atoms. The van der Waals surface area contributed by atoms with E-state index in [1.807, 2.05) is 18.2 Å². The molecule has 1 aromatic carbocycles. The second-order valence-corrected chi connectivity index (χ2v) is 5.85. The van der Waals surface area contributed by atoms with Gasteiger partial charge in [-0.2, -0.15) is 0 Å². The lowest BCUT2D eigenvalue weighted by atomic mass is 9.82. The molecule has 1 fully saturated rings. The minimum atomic E-state index is 0.0663. The fourth-order valence-electron chi connectivity index (χ4n) is 2.58. The molecule has 1 saturated heterocycles. The normalized spacial score (nSPS) is 26.1. The van der Waals surface area contributed by atoms with Gasteiger partial charge in [-0.1, -0.05) is 30.7 Å². The number of halogens is 1. The zero-order valence-electron chi connectivity index (χ0n) is 10.3. The van der Waals surface area contributed by atoms with Crippen LogP contribution in [0.5, 0.6) is 0 Å². The number of aliphatic hydroxyl groups excluding tert-OH is 1. The van der Waals surface area contributed by atoms with Gasteiger partial charge in [-0.25, -0.2) is 0 Å². The Morgan fingerprint density at radius 3 is 3.00 bits per heavy atom. The molecular weight excluding hydrogens is 234 g/mol. The van der Waals surface area contributed by atoms with Crippen LogP contribution in [0.3, 0.4) is 0 Å². The highest BCUT2D eigenvalue weighted by Gasteiger charge is 2.30. The van der Waals surface area contributed by atoms with E-state index in [0.29, 0.717) is 0 Å². The van der Waals surface area contributed by atoms with Crippen molar-refractivity contribution in [2.24, 2.45) is 5.41 Å². The molecule has 0 aliphatic carbocycles. The van der Waals surface area contributed by atoms with Crippen LogP contribution in [-0.4, -0.2) is 29.7 Å². The standard InChI is InChI=1S/C14H20ClNO/c1-14(11-17)6-3-7-16(10-14)9-12-4-2-5-13(15)8-12/h2,4-5,8,17H,3,6-7,9-11H2,1H3. The van der Waals surface area contributed by atoms with Crippen molar-refractivity contribution in [1.82, 2.24) is 4.90 Å². The molecule has 1 unspecified atom stereocenters. The van der Waals surface area contributed by atoms with E-state index in [1.165, 1.54) is 5.56 Å². The molecule has 0 saturated carbocycles. The monoisotopic (exact) mass is 253 g/mol. The van der Waals surface area contributed by atoms with Gasteiger partial charge in [0, 0.05) is 30.1 Å². The van der Waals surface area contributed by atoms with Crippen molar-refractivity contribution in [3.8, 4) is 0 Å². The van der Waals surface area contributed by atoms with Crippen LogP contribution in [0.1, 0.15) is 25.3 Å². The topological polar surface area (TPSA) is 23.5 Å². The summed E-state index contributed by atoms with van der Waals surface area (Å²) in [5.41, 5.74) is 1.32. The molecule has 1 aliphatic rings. The van der Waals surface area contributed by atoms with Crippen molar-refractivity contribution in [1.29, 1.82) is 0 Å². The molecule has 0 aromatic heterocycles. The van der Waals surface area contributed by atoms with Crippen molar-refractivity contribution < 1.29 is 5.11 Å². The van der Waals surface area contributed by atoms with Gasteiger partial charge in [0.1, 0.15) is 0 Å². The first-order valence-electron chi connectivity index (χ1n) is 6.19. The zero-order chi connectivity index (χ0) is 12.3. The fraction of sp³-hybridized carbons (Fsp3) is 0.571. The molecule has 3 heteroatoms. The van der Waals surface area contributed by atoms with Crippen molar-refractivity contribution in [2.75, 3.05) is 19.7 Å². The van der Waals surface area contributed by atoms with E-state index in [0.717, 1.165) is 37.5 Å². The molecule has 94 valence electrons. The highest BCUT2D eigenvalue weighted by atomic mass is 35.5. The zero-order valence-corrected chi connectivity index (χ0v) is 11.1. The second kappa shape index (κ2) is 5.38. The van der Waals surface area contributed by atoms with E-state index in [9.17, 15) is 5.11 Å². The first-order chi connectivity index (χ1) is 8.11. The van der Waals surface area contributed by atoms with E-state index < -0.39 is 0 Å². The maximum atomic E-state index is 9.43. The van der Waals surface area contributed by atoms with Crippen LogP contribution in [-0.2, 0) is 6.54 Å². The van der Waals surface area contributed by atoms with Crippen molar-refractivity contribution >= 4 is 11.6 Å². The smallest absolute Gasteiger partial charge is 0.0497 e. The van der Waals surface area contributed by atoms with E-state index in [2.05, 4.69) is 17.9 Å². The second-order valence-electron chi connectivity index (χ2n) is 5.41. The third-order valence-corrected chi connectivity index (χ3v) is 3.77. The Balaban J connectivity index is 1.99. The molecule has 1 aromatic rings. The highest BCUT2D eigenvalue weighted by molar-refractivity contribution is 6.30. The van der Waals surface area contributed by atoms with Gasteiger partial charge >= 0.3 is 0 Å². The molecule has 1 N–H and O–H groups in total. The van der Waals surface area contributed by atoms with Gasteiger partial charge in [-0.15, -0.1) is 0 Å². The average molecular weight is 254 g/mol. The summed E-state index contributed by atoms with van der Waals surface area (Å²) in [4.78, 5) is 2.41.